The molecule has 0 radical (unpaired) electrons. The van der Waals surface area contributed by atoms with Crippen molar-refractivity contribution in [2.24, 2.45) is 0 Å². The van der Waals surface area contributed by atoms with Crippen LogP contribution >= 0.6 is 11.3 Å². The standard InChI is InChI=1S/C9H7FN2OS/c10-7-4-2-1-3-6(7)9-12-11-8(5-13)14-9/h1-4,13H,5H2. The molecule has 2 rings (SSSR count). The lowest BCUT2D eigenvalue weighted by Gasteiger charge is -1.95. The summed E-state index contributed by atoms with van der Waals surface area (Å²) in [5, 5.41) is 17.3. The summed E-state index contributed by atoms with van der Waals surface area (Å²) in [6.45, 7) is -0.161. The Balaban J connectivity index is 2.44. The summed E-state index contributed by atoms with van der Waals surface area (Å²) in [5.74, 6) is -0.326. The number of nitrogens with zero attached hydrogens (tertiary/aromatic N) is 2. The van der Waals surface area contributed by atoms with Crippen molar-refractivity contribution in [3.8, 4) is 10.6 Å². The SMILES string of the molecule is OCc1nnc(-c2ccccc2F)s1. The molecular weight excluding hydrogens is 203 g/mol. The van der Waals surface area contributed by atoms with Gasteiger partial charge < -0.3 is 5.11 Å². The van der Waals surface area contributed by atoms with Gasteiger partial charge >= 0.3 is 0 Å². The maximum Gasteiger partial charge on any atom is 0.150 e. The van der Waals surface area contributed by atoms with Gasteiger partial charge in [-0.25, -0.2) is 4.39 Å². The van der Waals surface area contributed by atoms with Gasteiger partial charge in [0.1, 0.15) is 10.8 Å². The van der Waals surface area contributed by atoms with Crippen LogP contribution in [0, 0.1) is 5.82 Å². The fourth-order valence-corrected chi connectivity index (χ4v) is 1.79. The van der Waals surface area contributed by atoms with E-state index >= 15 is 0 Å². The van der Waals surface area contributed by atoms with Crippen LogP contribution in [0.4, 0.5) is 4.39 Å². The minimum Gasteiger partial charge on any atom is -0.389 e. The van der Waals surface area contributed by atoms with E-state index in [1.807, 2.05) is 0 Å². The van der Waals surface area contributed by atoms with E-state index in [4.69, 9.17) is 5.11 Å². The Morgan fingerprint density at radius 1 is 1.29 bits per heavy atom. The first-order valence-electron chi connectivity index (χ1n) is 3.99. The Kier molecular flexibility index (Phi) is 2.51. The van der Waals surface area contributed by atoms with E-state index in [-0.39, 0.29) is 12.4 Å². The Morgan fingerprint density at radius 3 is 2.71 bits per heavy atom. The van der Waals surface area contributed by atoms with Crippen LogP contribution in [-0.2, 0) is 6.61 Å². The fourth-order valence-electron chi connectivity index (χ4n) is 1.06. The summed E-state index contributed by atoms with van der Waals surface area (Å²) in [7, 11) is 0. The molecule has 2 aromatic rings. The van der Waals surface area contributed by atoms with Crippen LogP contribution in [0.15, 0.2) is 24.3 Å². The number of rotatable bonds is 2. The minimum absolute atomic E-state index is 0.161. The highest BCUT2D eigenvalue weighted by molar-refractivity contribution is 7.14. The lowest BCUT2D eigenvalue weighted by Crippen LogP contribution is -1.82. The monoisotopic (exact) mass is 210 g/mol. The molecule has 0 spiro atoms. The van der Waals surface area contributed by atoms with Crippen molar-refractivity contribution in [2.45, 2.75) is 6.61 Å². The summed E-state index contributed by atoms with van der Waals surface area (Å²) in [5.41, 5.74) is 0.421. The van der Waals surface area contributed by atoms with E-state index < -0.39 is 0 Å². The lowest BCUT2D eigenvalue weighted by molar-refractivity contribution is 0.280. The maximum atomic E-state index is 13.3. The molecule has 0 aliphatic rings. The molecule has 1 aromatic heterocycles. The lowest BCUT2D eigenvalue weighted by atomic mass is 10.2. The van der Waals surface area contributed by atoms with Crippen LogP contribution in [0.2, 0.25) is 0 Å². The van der Waals surface area contributed by atoms with E-state index in [1.54, 1.807) is 18.2 Å². The second-order valence-electron chi connectivity index (χ2n) is 2.64. The average molecular weight is 210 g/mol. The van der Waals surface area contributed by atoms with Crippen LogP contribution in [0.3, 0.4) is 0 Å². The molecule has 0 amide bonds. The van der Waals surface area contributed by atoms with Crippen molar-refractivity contribution in [2.75, 3.05) is 0 Å². The maximum absolute atomic E-state index is 13.3. The average Bonchev–Trinajstić information content (AvgIpc) is 2.67. The number of hydrogen-bond donors (Lipinski definition) is 1. The molecule has 1 heterocycles. The molecule has 72 valence electrons. The van der Waals surface area contributed by atoms with E-state index in [0.717, 1.165) is 0 Å². The zero-order chi connectivity index (χ0) is 9.97. The molecule has 0 bridgehead atoms. The second-order valence-corrected chi connectivity index (χ2v) is 3.70. The number of benzene rings is 1. The fraction of sp³-hybridized carbons (Fsp3) is 0.111. The zero-order valence-corrected chi connectivity index (χ0v) is 7.96. The summed E-state index contributed by atoms with van der Waals surface area (Å²) in [4.78, 5) is 0. The number of aliphatic hydroxyl groups excluding tert-OH is 1. The topological polar surface area (TPSA) is 46.0 Å². The predicted molar refractivity (Wildman–Crippen MR) is 51.2 cm³/mol. The zero-order valence-electron chi connectivity index (χ0n) is 7.14. The predicted octanol–water partition coefficient (Wildman–Crippen LogP) is 1.84. The highest BCUT2D eigenvalue weighted by Gasteiger charge is 2.09. The van der Waals surface area contributed by atoms with Gasteiger partial charge in [-0.2, -0.15) is 0 Å². The van der Waals surface area contributed by atoms with Crippen LogP contribution in [0.1, 0.15) is 5.01 Å². The van der Waals surface area contributed by atoms with Gasteiger partial charge in [0.2, 0.25) is 0 Å². The van der Waals surface area contributed by atoms with Crippen LogP contribution in [0.5, 0.6) is 0 Å². The second kappa shape index (κ2) is 3.81. The van der Waals surface area contributed by atoms with Crippen molar-refractivity contribution in [3.05, 3.63) is 35.1 Å². The van der Waals surface area contributed by atoms with Gasteiger partial charge in [0.15, 0.2) is 5.01 Å². The summed E-state index contributed by atoms with van der Waals surface area (Å²) < 4.78 is 13.3. The van der Waals surface area contributed by atoms with Crippen molar-refractivity contribution in [3.63, 3.8) is 0 Å². The van der Waals surface area contributed by atoms with Gasteiger partial charge in [0.25, 0.3) is 0 Å². The molecule has 5 heteroatoms. The van der Waals surface area contributed by atoms with Gasteiger partial charge in [-0.05, 0) is 12.1 Å². The van der Waals surface area contributed by atoms with Crippen molar-refractivity contribution >= 4 is 11.3 Å². The van der Waals surface area contributed by atoms with E-state index in [0.29, 0.717) is 15.6 Å². The van der Waals surface area contributed by atoms with Crippen LogP contribution in [-0.4, -0.2) is 15.3 Å². The molecule has 0 atom stereocenters. The van der Waals surface area contributed by atoms with Crippen molar-refractivity contribution in [1.82, 2.24) is 10.2 Å². The molecular formula is C9H7FN2OS. The molecule has 0 saturated heterocycles. The molecule has 0 saturated carbocycles. The quantitative estimate of drug-likeness (QED) is 0.822. The third-order valence-corrected chi connectivity index (χ3v) is 2.65. The largest absolute Gasteiger partial charge is 0.389 e. The van der Waals surface area contributed by atoms with E-state index in [1.165, 1.54) is 17.4 Å². The number of hydrogen-bond acceptors (Lipinski definition) is 4. The summed E-state index contributed by atoms with van der Waals surface area (Å²) in [6.07, 6.45) is 0. The van der Waals surface area contributed by atoms with Gasteiger partial charge in [-0.1, -0.05) is 23.5 Å². The van der Waals surface area contributed by atoms with Gasteiger partial charge in [-0.15, -0.1) is 10.2 Å². The highest BCUT2D eigenvalue weighted by atomic mass is 32.1. The summed E-state index contributed by atoms with van der Waals surface area (Å²) in [6, 6.07) is 6.36. The minimum atomic E-state index is -0.326. The normalized spacial score (nSPS) is 10.4. The highest BCUT2D eigenvalue weighted by Crippen LogP contribution is 2.25. The molecule has 0 aliphatic carbocycles. The smallest absolute Gasteiger partial charge is 0.150 e. The molecule has 1 N–H and O–H groups in total. The number of halogens is 1. The third kappa shape index (κ3) is 1.64. The van der Waals surface area contributed by atoms with E-state index in [9.17, 15) is 4.39 Å². The molecule has 0 fully saturated rings. The Labute approximate surface area is 83.9 Å². The van der Waals surface area contributed by atoms with Gasteiger partial charge in [0, 0.05) is 5.56 Å². The Hall–Kier alpha value is -1.33. The van der Waals surface area contributed by atoms with Gasteiger partial charge in [0.05, 0.1) is 6.61 Å². The third-order valence-electron chi connectivity index (χ3n) is 1.71. The number of aliphatic hydroxyl groups is 1. The van der Waals surface area contributed by atoms with Crippen molar-refractivity contribution in [1.29, 1.82) is 0 Å². The Morgan fingerprint density at radius 2 is 2.07 bits per heavy atom. The first kappa shape index (κ1) is 9.23. The molecule has 3 nitrogen and oxygen atoms in total. The van der Waals surface area contributed by atoms with E-state index in [2.05, 4.69) is 10.2 Å². The first-order valence-corrected chi connectivity index (χ1v) is 4.81. The molecule has 14 heavy (non-hydrogen) atoms. The van der Waals surface area contributed by atoms with Crippen LogP contribution < -0.4 is 0 Å². The first-order chi connectivity index (χ1) is 6.81. The van der Waals surface area contributed by atoms with Crippen molar-refractivity contribution < 1.29 is 9.50 Å². The van der Waals surface area contributed by atoms with Crippen LogP contribution in [0.25, 0.3) is 10.6 Å². The summed E-state index contributed by atoms with van der Waals surface area (Å²) >= 11 is 1.19. The Bertz CT molecular complexity index is 444. The number of aromatic nitrogens is 2. The molecule has 1 aromatic carbocycles. The molecule has 0 unspecified atom stereocenters. The molecule has 0 aliphatic heterocycles. The van der Waals surface area contributed by atoms with Gasteiger partial charge in [-0.3, -0.25) is 0 Å².